The van der Waals surface area contributed by atoms with Gasteiger partial charge in [-0.2, -0.15) is 0 Å². The van der Waals surface area contributed by atoms with Gasteiger partial charge in [0.05, 0.1) is 0 Å². The van der Waals surface area contributed by atoms with Gasteiger partial charge in [0.15, 0.2) is 0 Å². The molecule has 0 aliphatic carbocycles. The molecular weight excluding hydrogens is 142 g/mol. The predicted octanol–water partition coefficient (Wildman–Crippen LogP) is -5.24. The molecule has 3 nitrogen and oxygen atoms in total. The van der Waals surface area contributed by atoms with Gasteiger partial charge in [-0.1, -0.05) is 0 Å². The molecule has 0 aliphatic rings. The number of rotatable bonds is 0. The molecule has 0 aliphatic heterocycles. The van der Waals surface area contributed by atoms with Crippen LogP contribution in [0.3, 0.4) is 0 Å². The van der Waals surface area contributed by atoms with Gasteiger partial charge in [0.25, 0.3) is 0 Å². The van der Waals surface area contributed by atoms with Gasteiger partial charge in [0.1, 0.15) is 0 Å². The number of hydrogen-bond donors (Lipinski definition) is 1. The van der Waals surface area contributed by atoms with Crippen molar-refractivity contribution in [2.45, 2.75) is 0 Å². The largest absolute Gasteiger partial charge is 1.00 e. The molecule has 0 saturated heterocycles. The van der Waals surface area contributed by atoms with Crippen molar-refractivity contribution in [3.05, 3.63) is 0 Å². The first kappa shape index (κ1) is 15.7. The summed E-state index contributed by atoms with van der Waals surface area (Å²) in [5, 5.41) is 0. The van der Waals surface area contributed by atoms with Crippen molar-refractivity contribution in [1.82, 2.24) is 0 Å². The molecule has 0 saturated carbocycles. The Morgan fingerprint density at radius 2 is 1.50 bits per heavy atom. The molecule has 34 valence electrons. The van der Waals surface area contributed by atoms with E-state index in [0.29, 0.717) is 0 Å². The molecule has 6 heteroatoms. The minimum atomic E-state index is -0.167. The first-order valence-electron chi connectivity index (χ1n) is 0.478. The molecule has 0 radical (unpaired) electrons. The Kier molecular flexibility index (Phi) is 83.0. The smallest absolute Gasteiger partial charge is 0.769 e. The average molecular weight is 143 g/mol. The molecule has 6 heavy (non-hydrogen) atoms. The van der Waals surface area contributed by atoms with Crippen molar-refractivity contribution in [2.24, 2.45) is 0 Å². The molecule has 1 N–H and O–H groups in total. The second kappa shape index (κ2) is 31.8. The second-order valence-corrected chi connectivity index (χ2v) is 0.207. The van der Waals surface area contributed by atoms with Crippen LogP contribution in [0, 0.1) is 11.3 Å². The van der Waals surface area contributed by atoms with Crippen molar-refractivity contribution in [2.75, 3.05) is 0 Å². The van der Waals surface area contributed by atoms with Gasteiger partial charge in [-0.3, -0.25) is 0 Å². The first-order chi connectivity index (χ1) is 2.41. The summed E-state index contributed by atoms with van der Waals surface area (Å²) in [6.45, 7) is 0. The van der Waals surface area contributed by atoms with Crippen LogP contribution < -0.4 is 38.9 Å². The van der Waals surface area contributed by atoms with Gasteiger partial charge >= 0.3 is 40.9 Å². The van der Waals surface area contributed by atoms with Crippen LogP contribution >= 0.6 is 11.9 Å². The van der Waals surface area contributed by atoms with Crippen LogP contribution in [-0.2, 0) is 0 Å². The Hall–Kier alpha value is 1.46. The summed E-state index contributed by atoms with van der Waals surface area (Å²) in [6, 6.07) is 0. The predicted molar refractivity (Wildman–Crippen MR) is 8.07 cm³/mol. The SMILES string of the molecule is [Na+].[O-]Cl.[O-][Cl+]O. The zero-order valence-corrected chi connectivity index (χ0v) is 6.53. The maximum Gasteiger partial charge on any atom is 1.00 e. The Balaban J connectivity index is -0.0000000275. The number of halogens is 2. The summed E-state index contributed by atoms with van der Waals surface area (Å²) < 4.78 is 22.9. The van der Waals surface area contributed by atoms with Crippen LogP contribution in [0.25, 0.3) is 0 Å². The van der Waals surface area contributed by atoms with Crippen LogP contribution in [0.1, 0.15) is 0 Å². The van der Waals surface area contributed by atoms with Crippen molar-refractivity contribution in [1.29, 1.82) is 0 Å². The Morgan fingerprint density at radius 3 is 1.50 bits per heavy atom. The minimum Gasteiger partial charge on any atom is -0.769 e. The molecule has 0 unspecified atom stereocenters. The van der Waals surface area contributed by atoms with Crippen LogP contribution in [0.2, 0.25) is 0 Å². The van der Waals surface area contributed by atoms with E-state index in [1.165, 1.54) is 0 Å². The van der Waals surface area contributed by atoms with E-state index >= 15 is 0 Å². The Labute approximate surface area is 66.5 Å². The molecule has 0 bridgehead atoms. The van der Waals surface area contributed by atoms with Gasteiger partial charge < -0.3 is 9.32 Å². The summed E-state index contributed by atoms with van der Waals surface area (Å²) in [5.41, 5.74) is 0. The fourth-order valence-corrected chi connectivity index (χ4v) is 0. The monoisotopic (exact) mass is 142 g/mol. The quantitative estimate of drug-likeness (QED) is 0.344. The summed E-state index contributed by atoms with van der Waals surface area (Å²) in [5.74, 6) is 0. The standard InChI is InChI=1S/ClHO2.ClO.Na/c2-1-3;1-2;/h2H;;/q;-1;+1. The molecule has 0 aromatic rings. The van der Waals surface area contributed by atoms with Crippen molar-refractivity contribution < 1.29 is 54.9 Å². The molecule has 0 aromatic heterocycles. The summed E-state index contributed by atoms with van der Waals surface area (Å²) in [7, 11) is 0. The van der Waals surface area contributed by atoms with E-state index in [9.17, 15) is 0 Å². The van der Waals surface area contributed by atoms with E-state index in [0.717, 1.165) is 0 Å². The van der Waals surface area contributed by atoms with Gasteiger partial charge in [0, 0.05) is 0 Å². The molecule has 0 heterocycles. The van der Waals surface area contributed by atoms with Crippen molar-refractivity contribution >= 4 is 11.9 Å². The fraction of sp³-hybridized carbons (Fsp3) is 0. The third-order valence-electron chi connectivity index (χ3n) is 0. The van der Waals surface area contributed by atoms with E-state index < -0.39 is 0 Å². The maximum absolute atomic E-state index is 8.35. The van der Waals surface area contributed by atoms with Gasteiger partial charge in [-0.05, 0) is 0 Å². The Morgan fingerprint density at radius 1 is 1.50 bits per heavy atom. The maximum atomic E-state index is 8.35. The minimum absolute atomic E-state index is 0. The average Bonchev–Trinajstić information content (AvgIpc) is 1.46. The summed E-state index contributed by atoms with van der Waals surface area (Å²) in [4.78, 5) is 0. The van der Waals surface area contributed by atoms with Crippen molar-refractivity contribution in [3.63, 3.8) is 0 Å². The van der Waals surface area contributed by atoms with Gasteiger partial charge in [-0.15, -0.1) is 4.66 Å². The molecule has 0 rings (SSSR count). The molecule has 0 fully saturated rings. The van der Waals surface area contributed by atoms with E-state index in [1.54, 1.807) is 0 Å². The van der Waals surface area contributed by atoms with Crippen molar-refractivity contribution in [3.8, 4) is 0 Å². The van der Waals surface area contributed by atoms with Crippen LogP contribution in [-0.4, -0.2) is 4.66 Å². The van der Waals surface area contributed by atoms with E-state index in [2.05, 4.69) is 11.9 Å². The van der Waals surface area contributed by atoms with E-state index in [-0.39, 0.29) is 40.9 Å². The van der Waals surface area contributed by atoms with E-state index in [4.69, 9.17) is 14.0 Å². The van der Waals surface area contributed by atoms with Crippen LogP contribution in [0.5, 0.6) is 0 Å². The Bertz CT molecular complexity index is 8.75. The third-order valence-corrected chi connectivity index (χ3v) is 0. The topological polar surface area (TPSA) is 66.3 Å². The van der Waals surface area contributed by atoms with Gasteiger partial charge in [-0.25, -0.2) is 11.9 Å². The molecule has 0 atom stereocenters. The zero-order valence-electron chi connectivity index (χ0n) is 3.02. The molecule has 0 aromatic carbocycles. The fourth-order valence-electron chi connectivity index (χ4n) is 0. The van der Waals surface area contributed by atoms with Crippen LogP contribution in [0.4, 0.5) is 0 Å². The van der Waals surface area contributed by atoms with Crippen LogP contribution in [0.15, 0.2) is 0 Å². The third kappa shape index (κ3) is 51.0. The zero-order chi connectivity index (χ0) is 4.71. The van der Waals surface area contributed by atoms with Gasteiger partial charge in [0.2, 0.25) is 0 Å². The molecular formula is HCl2NaO3. The number of hydrogen-bond acceptors (Lipinski definition) is 3. The summed E-state index contributed by atoms with van der Waals surface area (Å²) in [6.07, 6.45) is 0. The normalized spacial score (nSPS) is 4.00. The molecule has 0 amide bonds. The second-order valence-electron chi connectivity index (χ2n) is 0.0690. The molecule has 0 spiro atoms. The first-order valence-corrected chi connectivity index (χ1v) is 1.43. The van der Waals surface area contributed by atoms with E-state index in [1.807, 2.05) is 0 Å². The summed E-state index contributed by atoms with van der Waals surface area (Å²) >= 11 is 3.22.